The Hall–Kier alpha value is -1.01. The average Bonchev–Trinajstić information content (AvgIpc) is 2.62. The van der Waals surface area contributed by atoms with Crippen LogP contribution in [0.4, 0.5) is 10.1 Å². The number of nitrogens with two attached hydrogens (primary N) is 1. The van der Waals surface area contributed by atoms with E-state index in [-0.39, 0.29) is 5.82 Å². The van der Waals surface area contributed by atoms with Crippen LogP contribution >= 0.6 is 27.7 Å². The molecule has 1 aromatic carbocycles. The summed E-state index contributed by atoms with van der Waals surface area (Å²) in [5, 5.41) is 4.43. The molecule has 102 valence electrons. The largest absolute Gasteiger partial charge is 0.399 e. The molecule has 6 heteroatoms. The Kier molecular flexibility index (Phi) is 4.52. The molecular formula is C13H15BrFN3S. The van der Waals surface area contributed by atoms with Gasteiger partial charge in [-0.2, -0.15) is 5.10 Å². The molecule has 2 rings (SSSR count). The lowest BCUT2D eigenvalue weighted by atomic mass is 10.3. The topological polar surface area (TPSA) is 43.8 Å². The maximum absolute atomic E-state index is 13.3. The van der Waals surface area contributed by atoms with Gasteiger partial charge in [-0.1, -0.05) is 0 Å². The van der Waals surface area contributed by atoms with Crippen LogP contribution in [0.1, 0.15) is 18.3 Å². The molecule has 0 saturated carbocycles. The highest BCUT2D eigenvalue weighted by atomic mass is 79.9. The standard InChI is InChI=1S/C13H15BrFN3S/c1-3-18-12(13(14)8(2)17-18)7-19-11-5-9(15)4-10(16)6-11/h4-6H,3,7,16H2,1-2H3. The predicted molar refractivity (Wildman–Crippen MR) is 80.7 cm³/mol. The second-order valence-electron chi connectivity index (χ2n) is 4.17. The van der Waals surface area contributed by atoms with Gasteiger partial charge < -0.3 is 5.73 Å². The molecule has 0 aliphatic heterocycles. The molecule has 0 saturated heterocycles. The van der Waals surface area contributed by atoms with Crippen LogP contribution in [0.2, 0.25) is 0 Å². The van der Waals surface area contributed by atoms with E-state index < -0.39 is 0 Å². The summed E-state index contributed by atoms with van der Waals surface area (Å²) in [6.45, 7) is 4.82. The van der Waals surface area contributed by atoms with E-state index >= 15 is 0 Å². The van der Waals surface area contributed by atoms with Gasteiger partial charge in [-0.05, 0) is 48.0 Å². The van der Waals surface area contributed by atoms with E-state index in [1.54, 1.807) is 17.8 Å². The summed E-state index contributed by atoms with van der Waals surface area (Å²) in [7, 11) is 0. The monoisotopic (exact) mass is 343 g/mol. The molecule has 19 heavy (non-hydrogen) atoms. The number of nitrogen functional groups attached to an aromatic ring is 1. The van der Waals surface area contributed by atoms with E-state index in [1.165, 1.54) is 12.1 Å². The summed E-state index contributed by atoms with van der Waals surface area (Å²) in [4.78, 5) is 0.825. The maximum atomic E-state index is 13.3. The number of nitrogens with zero attached hydrogens (tertiary/aromatic N) is 2. The highest BCUT2D eigenvalue weighted by Gasteiger charge is 2.12. The normalized spacial score (nSPS) is 10.9. The van der Waals surface area contributed by atoms with E-state index in [4.69, 9.17) is 5.73 Å². The molecule has 1 heterocycles. The molecular weight excluding hydrogens is 329 g/mol. The van der Waals surface area contributed by atoms with Crippen LogP contribution < -0.4 is 5.73 Å². The van der Waals surface area contributed by atoms with Gasteiger partial charge in [-0.15, -0.1) is 11.8 Å². The van der Waals surface area contributed by atoms with Gasteiger partial charge in [0.25, 0.3) is 0 Å². The average molecular weight is 344 g/mol. The van der Waals surface area contributed by atoms with Crippen molar-refractivity contribution in [2.75, 3.05) is 5.73 Å². The Bertz CT molecular complexity index is 578. The molecule has 3 nitrogen and oxygen atoms in total. The molecule has 0 amide bonds. The summed E-state index contributed by atoms with van der Waals surface area (Å²) >= 11 is 5.10. The van der Waals surface area contributed by atoms with E-state index in [0.717, 1.165) is 33.1 Å². The summed E-state index contributed by atoms with van der Waals surface area (Å²) in [5.41, 5.74) is 8.16. The molecule has 1 aromatic heterocycles. The number of hydrogen-bond acceptors (Lipinski definition) is 3. The van der Waals surface area contributed by atoms with Crippen LogP contribution in [0.15, 0.2) is 27.6 Å². The number of thioether (sulfide) groups is 1. The molecule has 0 aliphatic rings. The van der Waals surface area contributed by atoms with Gasteiger partial charge >= 0.3 is 0 Å². The number of aryl methyl sites for hydroxylation is 2. The molecule has 0 unspecified atom stereocenters. The lowest BCUT2D eigenvalue weighted by Gasteiger charge is -2.06. The molecule has 0 fully saturated rings. The first-order chi connectivity index (χ1) is 9.01. The van der Waals surface area contributed by atoms with Gasteiger partial charge in [-0.25, -0.2) is 4.39 Å². The van der Waals surface area contributed by atoms with Crippen molar-refractivity contribution in [3.63, 3.8) is 0 Å². The number of aromatic nitrogens is 2. The highest BCUT2D eigenvalue weighted by molar-refractivity contribution is 9.10. The maximum Gasteiger partial charge on any atom is 0.126 e. The van der Waals surface area contributed by atoms with Gasteiger partial charge in [0.15, 0.2) is 0 Å². The molecule has 0 radical (unpaired) electrons. The van der Waals surface area contributed by atoms with Gasteiger partial charge in [0.05, 0.1) is 15.9 Å². The SMILES string of the molecule is CCn1nc(C)c(Br)c1CSc1cc(N)cc(F)c1. The smallest absolute Gasteiger partial charge is 0.126 e. The molecule has 2 N–H and O–H groups in total. The molecule has 2 aromatic rings. The second-order valence-corrected chi connectivity index (χ2v) is 6.01. The van der Waals surface area contributed by atoms with Crippen LogP contribution in [0.5, 0.6) is 0 Å². The Balaban J connectivity index is 2.18. The van der Waals surface area contributed by atoms with E-state index in [0.29, 0.717) is 5.69 Å². The zero-order valence-corrected chi connectivity index (χ0v) is 13.2. The van der Waals surface area contributed by atoms with Crippen molar-refractivity contribution >= 4 is 33.4 Å². The Morgan fingerprint density at radius 1 is 1.42 bits per heavy atom. The molecule has 0 atom stereocenters. The minimum absolute atomic E-state index is 0.304. The zero-order chi connectivity index (χ0) is 14.0. The van der Waals surface area contributed by atoms with E-state index in [2.05, 4.69) is 21.0 Å². The van der Waals surface area contributed by atoms with Crippen LogP contribution in [0, 0.1) is 12.7 Å². The predicted octanol–water partition coefficient (Wildman–Crippen LogP) is 3.99. The Labute approximate surface area is 124 Å². The number of halogens is 2. The third-order valence-electron chi connectivity index (χ3n) is 2.72. The van der Waals surface area contributed by atoms with Crippen molar-refractivity contribution in [2.24, 2.45) is 0 Å². The lowest BCUT2D eigenvalue weighted by molar-refractivity contribution is 0.624. The quantitative estimate of drug-likeness (QED) is 0.674. The van der Waals surface area contributed by atoms with Crippen LogP contribution in [0.25, 0.3) is 0 Å². The van der Waals surface area contributed by atoms with E-state index in [9.17, 15) is 4.39 Å². The van der Waals surface area contributed by atoms with E-state index in [1.807, 2.05) is 18.5 Å². The fourth-order valence-electron chi connectivity index (χ4n) is 1.83. The molecule has 0 aliphatic carbocycles. The summed E-state index contributed by atoms with van der Waals surface area (Å²) in [6.07, 6.45) is 0. The molecule has 0 bridgehead atoms. The van der Waals surface area contributed by atoms with Gasteiger partial charge in [-0.3, -0.25) is 4.68 Å². The first-order valence-electron chi connectivity index (χ1n) is 5.92. The Morgan fingerprint density at radius 3 is 2.79 bits per heavy atom. The minimum atomic E-state index is -0.304. The first kappa shape index (κ1) is 14.4. The zero-order valence-electron chi connectivity index (χ0n) is 10.8. The second kappa shape index (κ2) is 5.96. The van der Waals surface area contributed by atoms with Gasteiger partial charge in [0.1, 0.15) is 5.82 Å². The summed E-state index contributed by atoms with van der Waals surface area (Å²) in [5.74, 6) is 0.416. The van der Waals surface area contributed by atoms with Crippen molar-refractivity contribution in [1.29, 1.82) is 0 Å². The van der Waals surface area contributed by atoms with Crippen molar-refractivity contribution in [1.82, 2.24) is 9.78 Å². The first-order valence-corrected chi connectivity index (χ1v) is 7.69. The van der Waals surface area contributed by atoms with Gasteiger partial charge in [0, 0.05) is 22.9 Å². The highest BCUT2D eigenvalue weighted by Crippen LogP contribution is 2.30. The van der Waals surface area contributed by atoms with Gasteiger partial charge in [0.2, 0.25) is 0 Å². The lowest BCUT2D eigenvalue weighted by Crippen LogP contribution is -2.01. The number of rotatable bonds is 4. The summed E-state index contributed by atoms with van der Waals surface area (Å²) in [6, 6.07) is 4.59. The summed E-state index contributed by atoms with van der Waals surface area (Å²) < 4.78 is 16.2. The van der Waals surface area contributed by atoms with Crippen molar-refractivity contribution in [2.45, 2.75) is 31.0 Å². The molecule has 0 spiro atoms. The van der Waals surface area contributed by atoms with Crippen molar-refractivity contribution in [3.8, 4) is 0 Å². The van der Waals surface area contributed by atoms with Crippen LogP contribution in [-0.4, -0.2) is 9.78 Å². The number of benzene rings is 1. The third-order valence-corrected chi connectivity index (χ3v) is 4.74. The fourth-order valence-corrected chi connectivity index (χ4v) is 3.45. The van der Waals surface area contributed by atoms with Crippen LogP contribution in [0.3, 0.4) is 0 Å². The Morgan fingerprint density at radius 2 is 2.16 bits per heavy atom. The minimum Gasteiger partial charge on any atom is -0.399 e. The van der Waals surface area contributed by atoms with Crippen molar-refractivity contribution in [3.05, 3.63) is 39.9 Å². The van der Waals surface area contributed by atoms with Crippen molar-refractivity contribution < 1.29 is 4.39 Å². The number of hydrogen-bond donors (Lipinski definition) is 1. The third kappa shape index (κ3) is 3.30. The van der Waals surface area contributed by atoms with Crippen LogP contribution in [-0.2, 0) is 12.3 Å². The number of anilines is 1. The fraction of sp³-hybridized carbons (Fsp3) is 0.308.